The summed E-state index contributed by atoms with van der Waals surface area (Å²) in [6, 6.07) is 22.9. The first-order chi connectivity index (χ1) is 18.5. The molecule has 0 unspecified atom stereocenters. The fourth-order valence-electron chi connectivity index (χ4n) is 5.52. The lowest BCUT2D eigenvalue weighted by molar-refractivity contribution is -0.119. The molecule has 0 aromatic heterocycles. The van der Waals surface area contributed by atoms with Crippen LogP contribution < -0.4 is 19.7 Å². The normalized spacial score (nSPS) is 18.7. The molecule has 0 bridgehead atoms. The molecule has 6 heteroatoms. The minimum Gasteiger partial charge on any atom is -0.497 e. The summed E-state index contributed by atoms with van der Waals surface area (Å²) >= 11 is 0. The fourth-order valence-corrected chi connectivity index (χ4v) is 5.52. The van der Waals surface area contributed by atoms with Gasteiger partial charge in [0.15, 0.2) is 5.78 Å². The quantitative estimate of drug-likeness (QED) is 0.379. The number of fused-ring (bicyclic) bond motifs is 1. The monoisotopic (exact) mass is 510 g/mol. The van der Waals surface area contributed by atoms with E-state index in [4.69, 9.17) is 9.47 Å². The Balaban J connectivity index is 1.66. The number of methoxy groups -OCH3 is 1. The van der Waals surface area contributed by atoms with E-state index < -0.39 is 6.04 Å². The lowest BCUT2D eigenvalue weighted by Crippen LogP contribution is -2.38. The van der Waals surface area contributed by atoms with Gasteiger partial charge in [-0.25, -0.2) is 0 Å². The average molecular weight is 511 g/mol. The van der Waals surface area contributed by atoms with E-state index in [9.17, 15) is 9.59 Å². The third-order valence-corrected chi connectivity index (χ3v) is 7.31. The summed E-state index contributed by atoms with van der Waals surface area (Å²) in [5, 5.41) is 3.58. The molecule has 1 N–H and O–H groups in total. The molecule has 0 saturated heterocycles. The van der Waals surface area contributed by atoms with E-state index in [0.29, 0.717) is 31.4 Å². The number of hydrogen-bond acceptors (Lipinski definition) is 5. The minimum absolute atomic E-state index is 0.0288. The van der Waals surface area contributed by atoms with Crippen LogP contribution in [-0.2, 0) is 9.59 Å². The molecule has 1 aliphatic carbocycles. The number of ketones is 1. The number of Topliss-reactive ketones (excluding diaryl/α,β-unsaturated/α-hetero) is 1. The Bertz CT molecular complexity index is 1360. The Hall–Kier alpha value is -4.06. The maximum Gasteiger partial charge on any atom is 0.227 e. The summed E-state index contributed by atoms with van der Waals surface area (Å²) in [5.41, 5.74) is 5.01. The predicted molar refractivity (Wildman–Crippen MR) is 150 cm³/mol. The van der Waals surface area contributed by atoms with Crippen molar-refractivity contribution in [1.82, 2.24) is 0 Å². The highest BCUT2D eigenvalue weighted by Crippen LogP contribution is 2.48. The van der Waals surface area contributed by atoms with Crippen molar-refractivity contribution in [2.45, 2.75) is 51.5 Å². The molecule has 1 heterocycles. The predicted octanol–water partition coefficient (Wildman–Crippen LogP) is 6.79. The third kappa shape index (κ3) is 4.78. The Kier molecular flexibility index (Phi) is 7.50. The lowest BCUT2D eigenvalue weighted by Gasteiger charge is -2.35. The number of nitrogens with one attached hydrogen (secondary N) is 1. The van der Waals surface area contributed by atoms with Gasteiger partial charge in [0, 0.05) is 30.0 Å². The van der Waals surface area contributed by atoms with Crippen LogP contribution in [0.2, 0.25) is 0 Å². The zero-order valence-corrected chi connectivity index (χ0v) is 22.2. The molecule has 3 aromatic rings. The van der Waals surface area contributed by atoms with Crippen molar-refractivity contribution in [2.75, 3.05) is 23.9 Å². The van der Waals surface area contributed by atoms with Crippen LogP contribution >= 0.6 is 0 Å². The zero-order valence-electron chi connectivity index (χ0n) is 22.2. The molecule has 1 amide bonds. The van der Waals surface area contributed by atoms with E-state index in [-0.39, 0.29) is 17.6 Å². The van der Waals surface area contributed by atoms with Gasteiger partial charge in [0.2, 0.25) is 5.91 Å². The molecule has 0 spiro atoms. The summed E-state index contributed by atoms with van der Waals surface area (Å²) in [6.07, 6.45) is 2.23. The molecule has 6 nitrogen and oxygen atoms in total. The molecule has 1 aliphatic heterocycles. The molecule has 0 radical (unpaired) electrons. The minimum atomic E-state index is -0.542. The van der Waals surface area contributed by atoms with Crippen molar-refractivity contribution in [1.29, 1.82) is 0 Å². The molecule has 5 rings (SSSR count). The van der Waals surface area contributed by atoms with Crippen LogP contribution in [0.5, 0.6) is 11.5 Å². The number of ether oxygens (including phenoxy) is 2. The van der Waals surface area contributed by atoms with E-state index >= 15 is 0 Å². The number of rotatable bonds is 7. The molecular formula is C32H34N2O4. The summed E-state index contributed by atoms with van der Waals surface area (Å²) in [4.78, 5) is 29.4. The second-order valence-corrected chi connectivity index (χ2v) is 9.74. The third-order valence-electron chi connectivity index (χ3n) is 7.31. The first-order valence-electron chi connectivity index (χ1n) is 13.4. The smallest absolute Gasteiger partial charge is 0.227 e. The zero-order chi connectivity index (χ0) is 26.6. The summed E-state index contributed by atoms with van der Waals surface area (Å²) in [6.45, 7) is 4.57. The van der Waals surface area contributed by atoms with E-state index in [1.54, 1.807) is 12.0 Å². The maximum absolute atomic E-state index is 14.1. The van der Waals surface area contributed by atoms with Gasteiger partial charge in [-0.15, -0.1) is 0 Å². The number of nitrogens with zero attached hydrogens (tertiary/aromatic N) is 1. The lowest BCUT2D eigenvalue weighted by atomic mass is 9.78. The average Bonchev–Trinajstić information content (AvgIpc) is 3.10. The van der Waals surface area contributed by atoms with Crippen molar-refractivity contribution in [2.24, 2.45) is 0 Å². The van der Waals surface area contributed by atoms with Gasteiger partial charge in [-0.2, -0.15) is 0 Å². The first-order valence-corrected chi connectivity index (χ1v) is 13.4. The molecule has 196 valence electrons. The molecule has 0 fully saturated rings. The van der Waals surface area contributed by atoms with Crippen LogP contribution in [0.3, 0.4) is 0 Å². The summed E-state index contributed by atoms with van der Waals surface area (Å²) < 4.78 is 11.4. The number of allylic oxidation sites excluding steroid dienone is 1. The molecule has 2 atom stereocenters. The van der Waals surface area contributed by atoms with Gasteiger partial charge in [0.25, 0.3) is 0 Å². The van der Waals surface area contributed by atoms with Gasteiger partial charge >= 0.3 is 0 Å². The number of anilines is 2. The molecule has 0 saturated carbocycles. The van der Waals surface area contributed by atoms with Gasteiger partial charge in [-0.1, -0.05) is 56.3 Å². The number of amides is 1. The van der Waals surface area contributed by atoms with Crippen molar-refractivity contribution < 1.29 is 19.1 Å². The largest absolute Gasteiger partial charge is 0.497 e. The van der Waals surface area contributed by atoms with E-state index in [2.05, 4.69) is 18.3 Å². The van der Waals surface area contributed by atoms with Gasteiger partial charge in [-0.05, 0) is 54.3 Å². The van der Waals surface area contributed by atoms with E-state index in [0.717, 1.165) is 46.1 Å². The van der Waals surface area contributed by atoms with Crippen LogP contribution in [0.4, 0.5) is 11.4 Å². The second kappa shape index (κ2) is 11.1. The van der Waals surface area contributed by atoms with Crippen molar-refractivity contribution >= 4 is 23.1 Å². The van der Waals surface area contributed by atoms with Gasteiger partial charge in [0.05, 0.1) is 31.1 Å². The Morgan fingerprint density at radius 2 is 1.71 bits per heavy atom. The van der Waals surface area contributed by atoms with Crippen LogP contribution in [0.1, 0.15) is 62.6 Å². The highest BCUT2D eigenvalue weighted by molar-refractivity contribution is 6.06. The Morgan fingerprint density at radius 1 is 0.974 bits per heavy atom. The maximum atomic E-state index is 14.1. The van der Waals surface area contributed by atoms with Crippen LogP contribution in [-0.4, -0.2) is 25.4 Å². The van der Waals surface area contributed by atoms with Gasteiger partial charge in [-0.3, -0.25) is 14.5 Å². The fraction of sp³-hybridized carbons (Fsp3) is 0.312. The first kappa shape index (κ1) is 25.6. The van der Waals surface area contributed by atoms with Crippen molar-refractivity contribution in [3.63, 3.8) is 0 Å². The Labute approximate surface area is 224 Å². The number of hydrogen-bond donors (Lipinski definition) is 1. The Morgan fingerprint density at radius 3 is 2.45 bits per heavy atom. The second-order valence-electron chi connectivity index (χ2n) is 9.74. The number of benzene rings is 3. The molecule has 2 aliphatic rings. The van der Waals surface area contributed by atoms with Crippen LogP contribution in [0.15, 0.2) is 84.1 Å². The van der Waals surface area contributed by atoms with E-state index in [1.807, 2.05) is 73.7 Å². The molecule has 3 aromatic carbocycles. The number of para-hydroxylation sites is 3. The topological polar surface area (TPSA) is 67.9 Å². The number of carbonyl (C=O) groups excluding carboxylic acids is 2. The molecular weight excluding hydrogens is 476 g/mol. The van der Waals surface area contributed by atoms with Crippen molar-refractivity contribution in [3.05, 3.63) is 95.2 Å². The highest BCUT2D eigenvalue weighted by atomic mass is 16.5. The van der Waals surface area contributed by atoms with Crippen molar-refractivity contribution in [3.8, 4) is 11.5 Å². The van der Waals surface area contributed by atoms with E-state index in [1.165, 1.54) is 0 Å². The molecule has 38 heavy (non-hydrogen) atoms. The van der Waals surface area contributed by atoms with Crippen LogP contribution in [0, 0.1) is 0 Å². The highest BCUT2D eigenvalue weighted by Gasteiger charge is 2.41. The summed E-state index contributed by atoms with van der Waals surface area (Å²) in [7, 11) is 1.63. The summed E-state index contributed by atoms with van der Waals surface area (Å²) in [5.74, 6) is 1.53. The van der Waals surface area contributed by atoms with Gasteiger partial charge in [0.1, 0.15) is 11.5 Å². The SMILES string of the molecule is CCCOc1ccccc1[C@@H]1CC(=O)C2=C(C1)Nc1ccccc1N(C(=O)CC)[C@H]2c1ccc(OC)cc1. The number of carbonyl (C=O) groups is 2. The van der Waals surface area contributed by atoms with Crippen LogP contribution in [0.25, 0.3) is 0 Å². The van der Waals surface area contributed by atoms with Gasteiger partial charge < -0.3 is 14.8 Å². The standard InChI is InChI=1S/C32H34N2O4/c1-4-18-38-29-13-9-6-10-24(29)22-19-26-31(28(35)20-22)32(21-14-16-23(37-3)17-15-21)34(30(36)5-2)27-12-8-7-11-25(27)33-26/h6-17,22,32-33H,4-5,18-20H2,1-3H3/t22-,32-/m0/s1.